The van der Waals surface area contributed by atoms with Gasteiger partial charge in [0.15, 0.2) is 0 Å². The van der Waals surface area contributed by atoms with Crippen molar-refractivity contribution >= 4 is 71.1 Å². The highest BCUT2D eigenvalue weighted by Crippen LogP contribution is 2.18. The minimum absolute atomic E-state index is 0.0999. The van der Waals surface area contributed by atoms with Crippen molar-refractivity contribution in [3.05, 3.63) is 0 Å². The van der Waals surface area contributed by atoms with E-state index in [0.717, 1.165) is 0 Å². The lowest BCUT2D eigenvalue weighted by molar-refractivity contribution is -0.132. The van der Waals surface area contributed by atoms with Crippen LogP contribution in [0.5, 0.6) is 0 Å². The van der Waals surface area contributed by atoms with Crippen molar-refractivity contribution in [2.24, 2.45) is 5.41 Å². The van der Waals surface area contributed by atoms with Crippen LogP contribution in [0.3, 0.4) is 0 Å². The molecule has 0 aromatic rings. The molecule has 268 valence electrons. The third-order valence-electron chi connectivity index (χ3n) is 7.25. The first kappa shape index (κ1) is 44.1. The zero-order valence-corrected chi connectivity index (χ0v) is 29.6. The lowest BCUT2D eigenvalue weighted by atomic mass is 9.88. The van der Waals surface area contributed by atoms with Crippen molar-refractivity contribution in [1.82, 2.24) is 41.9 Å². The van der Waals surface area contributed by atoms with Gasteiger partial charge in [-0.1, -0.05) is 20.8 Å². The van der Waals surface area contributed by atoms with E-state index in [0.29, 0.717) is 57.9 Å². The summed E-state index contributed by atoms with van der Waals surface area (Å²) >= 11 is 0. The molecule has 7 N–H and O–H groups in total. The molecule has 0 spiro atoms. The molecule has 0 heterocycles. The number of amides is 7. The first-order chi connectivity index (χ1) is 22.6. The molecular formula is C29H55B3N8O8. The fourth-order valence-electron chi connectivity index (χ4n) is 4.25. The predicted molar refractivity (Wildman–Crippen MR) is 188 cm³/mol. The SMILES string of the molecule is BNC(=O)CCCCNC(=O)[C@H](CC(=O)NCCCCNC(=O)CN(CC(=O)NB)CC(=O)NB)NC(=O)CCCCC(=O)C(C)(C)C. The molecule has 0 fully saturated rings. The van der Waals surface area contributed by atoms with E-state index < -0.39 is 29.2 Å². The third-order valence-corrected chi connectivity index (χ3v) is 7.25. The highest BCUT2D eigenvalue weighted by atomic mass is 16.2. The number of ketones is 1. The monoisotopic (exact) mass is 676 g/mol. The molecule has 0 saturated carbocycles. The molecule has 1 atom stereocenters. The van der Waals surface area contributed by atoms with Crippen molar-refractivity contribution in [3.8, 4) is 0 Å². The number of carbonyl (C=O) groups is 8. The van der Waals surface area contributed by atoms with Crippen LogP contribution in [0.2, 0.25) is 0 Å². The molecule has 0 aromatic heterocycles. The van der Waals surface area contributed by atoms with Crippen molar-refractivity contribution in [2.75, 3.05) is 39.3 Å². The van der Waals surface area contributed by atoms with E-state index in [1.807, 2.05) is 20.8 Å². The Labute approximate surface area is 286 Å². The summed E-state index contributed by atoms with van der Waals surface area (Å²) in [5, 5.41) is 18.3. The molecule has 0 aliphatic heterocycles. The predicted octanol–water partition coefficient (Wildman–Crippen LogP) is -4.37. The molecule has 0 saturated heterocycles. The van der Waals surface area contributed by atoms with Crippen LogP contribution in [-0.2, 0) is 38.4 Å². The van der Waals surface area contributed by atoms with Gasteiger partial charge in [-0.15, -0.1) is 0 Å². The highest BCUT2D eigenvalue weighted by Gasteiger charge is 2.24. The van der Waals surface area contributed by atoms with Crippen molar-refractivity contribution in [3.63, 3.8) is 0 Å². The number of Topliss-reactive ketones (excluding diaryl/α,β-unsaturated/α-hetero) is 1. The Hall–Kier alpha value is -3.89. The van der Waals surface area contributed by atoms with Gasteiger partial charge >= 0.3 is 0 Å². The maximum absolute atomic E-state index is 12.9. The highest BCUT2D eigenvalue weighted by molar-refractivity contribution is 6.15. The molecule has 0 aliphatic rings. The number of unbranched alkanes of at least 4 members (excludes halogenated alkanes) is 3. The van der Waals surface area contributed by atoms with Gasteiger partial charge in [0.25, 0.3) is 0 Å². The summed E-state index contributed by atoms with van der Waals surface area (Å²) < 4.78 is 0. The number of rotatable bonds is 25. The summed E-state index contributed by atoms with van der Waals surface area (Å²) in [6.45, 7) is 6.03. The largest absolute Gasteiger partial charge is 0.406 e. The molecule has 0 rings (SSSR count). The minimum atomic E-state index is -1.10. The van der Waals surface area contributed by atoms with Crippen molar-refractivity contribution < 1.29 is 38.4 Å². The van der Waals surface area contributed by atoms with Crippen LogP contribution >= 0.6 is 0 Å². The Morgan fingerprint density at radius 3 is 1.52 bits per heavy atom. The van der Waals surface area contributed by atoms with E-state index in [1.54, 1.807) is 7.98 Å². The minimum Gasteiger partial charge on any atom is -0.406 e. The maximum atomic E-state index is 12.9. The average Bonchev–Trinajstić information content (AvgIpc) is 3.02. The molecule has 16 nitrogen and oxygen atoms in total. The van der Waals surface area contributed by atoms with Gasteiger partial charge in [0.1, 0.15) is 11.8 Å². The van der Waals surface area contributed by atoms with Crippen LogP contribution in [0.4, 0.5) is 0 Å². The smallest absolute Gasteiger partial charge is 0.243 e. The normalized spacial score (nSPS) is 11.5. The summed E-state index contributed by atoms with van der Waals surface area (Å²) in [7, 11) is 4.48. The lowest BCUT2D eigenvalue weighted by Crippen LogP contribution is -2.49. The molecule has 48 heavy (non-hydrogen) atoms. The zero-order chi connectivity index (χ0) is 36.5. The van der Waals surface area contributed by atoms with Gasteiger partial charge in [-0.25, -0.2) is 0 Å². The molecule has 19 heteroatoms. The van der Waals surface area contributed by atoms with Gasteiger partial charge in [-0.05, 0) is 38.5 Å². The van der Waals surface area contributed by atoms with E-state index in [2.05, 4.69) is 37.0 Å². The Balaban J connectivity index is 4.78. The Kier molecular flexibility index (Phi) is 23.1. The van der Waals surface area contributed by atoms with Gasteiger partial charge in [0, 0.05) is 44.3 Å². The molecular weight excluding hydrogens is 621 g/mol. The number of nitrogens with one attached hydrogen (secondary N) is 7. The van der Waals surface area contributed by atoms with Crippen LogP contribution in [0.25, 0.3) is 0 Å². The van der Waals surface area contributed by atoms with Gasteiger partial charge in [0.2, 0.25) is 65.3 Å². The second-order valence-corrected chi connectivity index (χ2v) is 12.5. The van der Waals surface area contributed by atoms with Gasteiger partial charge in [-0.2, -0.15) is 0 Å². The van der Waals surface area contributed by atoms with Gasteiger partial charge in [-0.3, -0.25) is 43.3 Å². The second kappa shape index (κ2) is 25.2. The summed E-state index contributed by atoms with van der Waals surface area (Å²) in [4.78, 5) is 98.9. The number of hydrogen-bond acceptors (Lipinski definition) is 9. The third kappa shape index (κ3) is 22.6. The Morgan fingerprint density at radius 2 is 0.979 bits per heavy atom. The van der Waals surface area contributed by atoms with Crippen LogP contribution in [0.15, 0.2) is 0 Å². The van der Waals surface area contributed by atoms with Crippen molar-refractivity contribution in [2.45, 2.75) is 91.0 Å². The topological polar surface area (TPSA) is 224 Å². The first-order valence-electron chi connectivity index (χ1n) is 16.6. The first-order valence-corrected chi connectivity index (χ1v) is 16.6. The molecule has 7 amide bonds. The average molecular weight is 676 g/mol. The van der Waals surface area contributed by atoms with Gasteiger partial charge in [0.05, 0.1) is 26.1 Å². The van der Waals surface area contributed by atoms with Crippen LogP contribution in [-0.4, -0.2) is 121 Å². The summed E-state index contributed by atoms with van der Waals surface area (Å²) in [6, 6.07) is -1.10. The number of hydrogen-bond donors (Lipinski definition) is 7. The summed E-state index contributed by atoms with van der Waals surface area (Å²) in [6.07, 6.45) is 3.68. The maximum Gasteiger partial charge on any atom is 0.243 e. The van der Waals surface area contributed by atoms with Crippen LogP contribution < -0.4 is 37.0 Å². The van der Waals surface area contributed by atoms with E-state index in [-0.39, 0.29) is 75.0 Å². The summed E-state index contributed by atoms with van der Waals surface area (Å²) in [5.74, 6) is -2.35. The fraction of sp³-hybridized carbons (Fsp3) is 0.724. The van der Waals surface area contributed by atoms with E-state index >= 15 is 0 Å². The summed E-state index contributed by atoms with van der Waals surface area (Å²) in [5.41, 5.74) is -0.446. The van der Waals surface area contributed by atoms with E-state index in [9.17, 15) is 38.4 Å². The number of carbonyl (C=O) groups excluding carboxylic acids is 8. The molecule has 0 bridgehead atoms. The van der Waals surface area contributed by atoms with Gasteiger partial charge < -0.3 is 37.0 Å². The second-order valence-electron chi connectivity index (χ2n) is 12.5. The standard InChI is InChI=1S/C29H55B3N8O8/c1-29(2,3)21(41)10-4-5-11-22(42)36-20(28(48)35-15-7-6-12-23(43)37-30)16-24(44)33-13-8-9-14-34-25(45)17-40(18-26(46)38-31)19-27(47)39-32/h20H,4-19,30-32H2,1-3H3,(H,33,44)(H,34,45)(H,35,48)(H,36,42)(H,37,43)(H,38,46)(H,39,47)/t20-/m0/s1. The Morgan fingerprint density at radius 1 is 0.542 bits per heavy atom. The molecule has 0 aromatic carbocycles. The van der Waals surface area contributed by atoms with E-state index in [1.165, 1.54) is 20.9 Å². The number of nitrogens with zero attached hydrogens (tertiary/aromatic N) is 1. The fourth-order valence-corrected chi connectivity index (χ4v) is 4.25. The van der Waals surface area contributed by atoms with Crippen molar-refractivity contribution in [1.29, 1.82) is 0 Å². The molecule has 0 unspecified atom stereocenters. The molecule has 0 aliphatic carbocycles. The van der Waals surface area contributed by atoms with E-state index in [4.69, 9.17) is 0 Å². The Bertz CT molecular complexity index is 1070. The molecule has 0 radical (unpaired) electrons. The van der Waals surface area contributed by atoms with Crippen LogP contribution in [0, 0.1) is 5.41 Å². The quantitative estimate of drug-likeness (QED) is 0.0366. The lowest BCUT2D eigenvalue weighted by Gasteiger charge is -2.20. The van der Waals surface area contributed by atoms with Crippen LogP contribution in [0.1, 0.15) is 85.0 Å². The zero-order valence-electron chi connectivity index (χ0n) is 29.6.